The van der Waals surface area contributed by atoms with Crippen LogP contribution in [0.3, 0.4) is 0 Å². The molecular weight excluding hydrogens is 370 g/mol. The summed E-state index contributed by atoms with van der Waals surface area (Å²) in [6.45, 7) is 5.30. The second kappa shape index (κ2) is 8.42. The molecule has 6 heteroatoms. The smallest absolute Gasteiger partial charge is 0.320 e. The number of likely N-dealkylation sites (tertiary alicyclic amines) is 1. The van der Waals surface area contributed by atoms with E-state index in [0.29, 0.717) is 18.1 Å². The highest BCUT2D eigenvalue weighted by Crippen LogP contribution is 2.41. The summed E-state index contributed by atoms with van der Waals surface area (Å²) in [5, 5.41) is 12.5. The van der Waals surface area contributed by atoms with Crippen LogP contribution in [0.15, 0.2) is 29.6 Å². The first-order chi connectivity index (χ1) is 12.5. The number of thiophene rings is 1. The predicted octanol–water partition coefficient (Wildman–Crippen LogP) is 5.14. The van der Waals surface area contributed by atoms with Gasteiger partial charge in [0, 0.05) is 15.5 Å². The number of halogens is 1. The van der Waals surface area contributed by atoms with Crippen LogP contribution in [0.25, 0.3) is 0 Å². The minimum Gasteiger partial charge on any atom is -0.494 e. The topological polar surface area (TPSA) is 49.8 Å². The molecule has 1 aromatic heterocycles. The number of ether oxygens (including phenoxy) is 1. The number of rotatable bonds is 6. The van der Waals surface area contributed by atoms with E-state index < -0.39 is 12.0 Å². The van der Waals surface area contributed by atoms with Crippen molar-refractivity contribution < 1.29 is 14.6 Å². The fraction of sp³-hybridized carbons (Fsp3) is 0.450. The Morgan fingerprint density at radius 3 is 2.88 bits per heavy atom. The molecule has 0 amide bonds. The van der Waals surface area contributed by atoms with Gasteiger partial charge in [-0.05, 0) is 68.4 Å². The quantitative estimate of drug-likeness (QED) is 0.738. The molecule has 2 unspecified atom stereocenters. The lowest BCUT2D eigenvalue weighted by Crippen LogP contribution is -2.46. The molecule has 0 saturated carbocycles. The third-order valence-corrected chi connectivity index (χ3v) is 6.09. The normalized spacial score (nSPS) is 19.3. The van der Waals surface area contributed by atoms with Gasteiger partial charge in [0.05, 0.1) is 12.6 Å². The Morgan fingerprint density at radius 2 is 2.23 bits per heavy atom. The van der Waals surface area contributed by atoms with Crippen molar-refractivity contribution in [1.29, 1.82) is 0 Å². The number of hydrogen-bond donors (Lipinski definition) is 1. The molecule has 1 fully saturated rings. The van der Waals surface area contributed by atoms with Crippen molar-refractivity contribution in [1.82, 2.24) is 4.90 Å². The zero-order chi connectivity index (χ0) is 18.7. The van der Waals surface area contributed by atoms with Crippen LogP contribution >= 0.6 is 22.9 Å². The van der Waals surface area contributed by atoms with Gasteiger partial charge in [-0.15, -0.1) is 11.3 Å². The predicted molar refractivity (Wildman–Crippen MR) is 106 cm³/mol. The lowest BCUT2D eigenvalue weighted by Gasteiger charge is -2.39. The number of carbonyl (C=O) groups is 1. The maximum Gasteiger partial charge on any atom is 0.320 e. The number of carboxylic acids is 1. The van der Waals surface area contributed by atoms with Crippen molar-refractivity contribution >= 4 is 28.9 Å². The third kappa shape index (κ3) is 4.05. The van der Waals surface area contributed by atoms with E-state index in [4.69, 9.17) is 16.3 Å². The molecule has 0 radical (unpaired) electrons. The van der Waals surface area contributed by atoms with E-state index in [-0.39, 0.29) is 6.04 Å². The van der Waals surface area contributed by atoms with E-state index >= 15 is 0 Å². The summed E-state index contributed by atoms with van der Waals surface area (Å²) >= 11 is 7.96. The highest BCUT2D eigenvalue weighted by molar-refractivity contribution is 7.10. The Hall–Kier alpha value is -1.56. The molecular formula is C20H24ClNO3S. The summed E-state index contributed by atoms with van der Waals surface area (Å²) in [5.74, 6) is 0.00521. The van der Waals surface area contributed by atoms with E-state index in [1.165, 1.54) is 5.56 Å². The molecule has 1 aliphatic heterocycles. The first kappa shape index (κ1) is 19.2. The third-order valence-electron chi connectivity index (χ3n) is 4.75. The van der Waals surface area contributed by atoms with Crippen LogP contribution in [-0.4, -0.2) is 35.2 Å². The zero-order valence-electron chi connectivity index (χ0n) is 15.1. The lowest BCUT2D eigenvalue weighted by molar-refractivity contribution is -0.145. The fourth-order valence-corrected chi connectivity index (χ4v) is 4.86. The molecule has 0 aliphatic carbocycles. The molecule has 0 spiro atoms. The van der Waals surface area contributed by atoms with Gasteiger partial charge in [-0.2, -0.15) is 0 Å². The summed E-state index contributed by atoms with van der Waals surface area (Å²) in [6, 6.07) is 7.09. The van der Waals surface area contributed by atoms with Crippen molar-refractivity contribution in [2.75, 3.05) is 13.2 Å². The van der Waals surface area contributed by atoms with E-state index in [9.17, 15) is 9.90 Å². The van der Waals surface area contributed by atoms with Crippen molar-refractivity contribution in [3.05, 3.63) is 50.7 Å². The van der Waals surface area contributed by atoms with Crippen molar-refractivity contribution in [2.24, 2.45) is 0 Å². The summed E-state index contributed by atoms with van der Waals surface area (Å²) in [7, 11) is 0. The Bertz CT molecular complexity index is 776. The second-order valence-corrected chi connectivity index (χ2v) is 8.01. The number of piperidine rings is 1. The van der Waals surface area contributed by atoms with Gasteiger partial charge in [-0.3, -0.25) is 9.69 Å². The van der Waals surface area contributed by atoms with Gasteiger partial charge >= 0.3 is 5.97 Å². The maximum atomic E-state index is 11.9. The SMILES string of the molecule is CCOc1ccc(Cl)cc1C(c1cc(C)cs1)N1CCCCC1C(=O)O. The molecule has 26 heavy (non-hydrogen) atoms. The van der Waals surface area contributed by atoms with Crippen LogP contribution < -0.4 is 4.74 Å². The average Bonchev–Trinajstić information content (AvgIpc) is 3.04. The zero-order valence-corrected chi connectivity index (χ0v) is 16.6. The summed E-state index contributed by atoms with van der Waals surface area (Å²) in [5.41, 5.74) is 2.12. The molecule has 2 aromatic rings. The Morgan fingerprint density at radius 1 is 1.42 bits per heavy atom. The number of carboxylic acid groups (broad SMARTS) is 1. The minimum absolute atomic E-state index is 0.171. The van der Waals surface area contributed by atoms with Crippen molar-refractivity contribution in [3.63, 3.8) is 0 Å². The molecule has 3 rings (SSSR count). The van der Waals surface area contributed by atoms with E-state index in [1.54, 1.807) is 11.3 Å². The van der Waals surface area contributed by atoms with Gasteiger partial charge in [-0.25, -0.2) is 0 Å². The number of aliphatic carboxylic acids is 1. The van der Waals surface area contributed by atoms with E-state index in [1.807, 2.05) is 25.1 Å². The number of benzene rings is 1. The molecule has 4 nitrogen and oxygen atoms in total. The Labute approximate surface area is 163 Å². The Balaban J connectivity index is 2.13. The molecule has 2 atom stereocenters. The summed E-state index contributed by atoms with van der Waals surface area (Å²) in [6.07, 6.45) is 2.60. The largest absolute Gasteiger partial charge is 0.494 e. The second-order valence-electron chi connectivity index (χ2n) is 6.63. The van der Waals surface area contributed by atoms with Gasteiger partial charge in [0.1, 0.15) is 11.8 Å². The number of nitrogens with zero attached hydrogens (tertiary/aromatic N) is 1. The first-order valence-electron chi connectivity index (χ1n) is 8.97. The Kier molecular flexibility index (Phi) is 6.22. The van der Waals surface area contributed by atoms with E-state index in [2.05, 4.69) is 23.3 Å². The molecule has 0 bridgehead atoms. The standard InChI is InChI=1S/C20H24ClNO3S/c1-3-25-17-8-7-14(21)11-15(17)19(18-10-13(2)12-26-18)22-9-5-4-6-16(22)20(23)24/h7-8,10-12,16,19H,3-6,9H2,1-2H3,(H,23,24). The van der Waals surface area contributed by atoms with E-state index in [0.717, 1.165) is 35.6 Å². The summed E-state index contributed by atoms with van der Waals surface area (Å²) in [4.78, 5) is 15.1. The number of hydrogen-bond acceptors (Lipinski definition) is 4. The summed E-state index contributed by atoms with van der Waals surface area (Å²) < 4.78 is 5.86. The van der Waals surface area contributed by atoms with Gasteiger partial charge < -0.3 is 9.84 Å². The van der Waals surface area contributed by atoms with Gasteiger partial charge in [0.25, 0.3) is 0 Å². The average molecular weight is 394 g/mol. The van der Waals surface area contributed by atoms with Crippen LogP contribution in [0.2, 0.25) is 5.02 Å². The van der Waals surface area contributed by atoms with Crippen LogP contribution in [0, 0.1) is 6.92 Å². The van der Waals surface area contributed by atoms with Crippen LogP contribution in [0.5, 0.6) is 5.75 Å². The lowest BCUT2D eigenvalue weighted by atomic mass is 9.94. The van der Waals surface area contributed by atoms with Gasteiger partial charge in [0.15, 0.2) is 0 Å². The molecule has 1 aliphatic rings. The van der Waals surface area contributed by atoms with Crippen molar-refractivity contribution in [2.45, 2.75) is 45.2 Å². The maximum absolute atomic E-state index is 11.9. The first-order valence-corrected chi connectivity index (χ1v) is 10.2. The highest BCUT2D eigenvalue weighted by Gasteiger charge is 2.37. The monoisotopic (exact) mass is 393 g/mol. The van der Waals surface area contributed by atoms with Crippen LogP contribution in [0.1, 0.15) is 48.2 Å². The van der Waals surface area contributed by atoms with Crippen LogP contribution in [-0.2, 0) is 4.79 Å². The minimum atomic E-state index is -0.761. The van der Waals surface area contributed by atoms with Crippen molar-refractivity contribution in [3.8, 4) is 5.75 Å². The molecule has 1 aromatic carbocycles. The van der Waals surface area contributed by atoms with Gasteiger partial charge in [0.2, 0.25) is 0 Å². The highest BCUT2D eigenvalue weighted by atomic mass is 35.5. The molecule has 1 N–H and O–H groups in total. The fourth-order valence-electron chi connectivity index (χ4n) is 3.64. The van der Waals surface area contributed by atoms with Gasteiger partial charge in [-0.1, -0.05) is 18.0 Å². The number of aryl methyl sites for hydroxylation is 1. The molecule has 2 heterocycles. The van der Waals surface area contributed by atoms with Crippen LogP contribution in [0.4, 0.5) is 0 Å². The molecule has 1 saturated heterocycles. The molecule has 140 valence electrons.